The molecule has 2 aliphatic rings. The van der Waals surface area contributed by atoms with Gasteiger partial charge in [0.15, 0.2) is 5.96 Å². The standard InChI is InChI=1S/C78H129N21O23S/c1-40(2)60(95-67(111)48(26-28-57(103)104)90-73(117)61(41(3)4)96-71(115)55-25-18-35-99(55)76(120)62(42(5)6)97-72(116)59(82)43(7)101)74(118)94-53(39-100)69(113)87-47(23-16-33-85-78(83)84)63(107)86-45(21-12-14-31-79)65(109)93-52(38-56(81)102)75(119)98-34-17-24-54(98)70(114)89-46(22-13-15-32-80)64(108)92-51(37-44-19-10-9-11-20-44)68(112)88-49(30-36-123-8)66(110)91-50(77(121)122)27-29-58(105)106/h9-11,19-20,40-43,45-55,59-62,100-101H,12-18,21-39,79-80,82H2,1-8H3,(H2,81,102)(H,86,107)(H,87,113)(H,88,112)(H,89,114)(H,90,117)(H,91,110)(H,92,108)(H,93,109)(H,94,118)(H,95,111)(H,96,115)(H,97,116)(H,103,104)(H,105,106)(H,121,122)(H4,83,84,85)/t43-,45+,46+,47+,48+,49+,50+,51+,52+,53+,54+,55+,59+,60+,61+,62+/m1/s1. The van der Waals surface area contributed by atoms with E-state index in [4.69, 9.17) is 34.4 Å². The van der Waals surface area contributed by atoms with Crippen LogP contribution in [0.1, 0.15) is 170 Å². The van der Waals surface area contributed by atoms with Crippen LogP contribution >= 0.6 is 11.8 Å². The van der Waals surface area contributed by atoms with Crippen molar-refractivity contribution in [2.24, 2.45) is 57.1 Å². The van der Waals surface area contributed by atoms with Gasteiger partial charge in [-0.1, -0.05) is 71.9 Å². The molecule has 0 saturated carbocycles. The zero-order chi connectivity index (χ0) is 92.5. The number of hydrogen-bond donors (Lipinski definition) is 23. The molecule has 45 heteroatoms. The van der Waals surface area contributed by atoms with Crippen LogP contribution in [0.2, 0.25) is 0 Å². The molecule has 0 radical (unpaired) electrons. The van der Waals surface area contributed by atoms with Crippen LogP contribution in [-0.2, 0) is 92.7 Å². The number of unbranched alkanes of at least 4 members (excludes halogenated alkanes) is 2. The number of primary amides is 1. The van der Waals surface area contributed by atoms with Crippen molar-refractivity contribution < 1.29 is 112 Å². The summed E-state index contributed by atoms with van der Waals surface area (Å²) in [5.41, 5.74) is 34.9. The Morgan fingerprint density at radius 1 is 0.455 bits per heavy atom. The monoisotopic (exact) mass is 1760 g/mol. The average molecular weight is 1760 g/mol. The van der Waals surface area contributed by atoms with Crippen molar-refractivity contribution >= 4 is 124 Å². The van der Waals surface area contributed by atoms with Crippen LogP contribution in [0.3, 0.4) is 0 Å². The summed E-state index contributed by atoms with van der Waals surface area (Å²) in [6.45, 7) is 9.62. The van der Waals surface area contributed by atoms with Gasteiger partial charge in [-0.2, -0.15) is 11.8 Å². The lowest BCUT2D eigenvalue weighted by Crippen LogP contribution is -2.62. The van der Waals surface area contributed by atoms with Gasteiger partial charge in [0.25, 0.3) is 0 Å². The van der Waals surface area contributed by atoms with E-state index in [1.807, 2.05) is 0 Å². The number of carbonyl (C=O) groups is 18. The van der Waals surface area contributed by atoms with Crippen LogP contribution in [0.5, 0.6) is 0 Å². The van der Waals surface area contributed by atoms with Gasteiger partial charge in [-0.15, -0.1) is 0 Å². The maximum Gasteiger partial charge on any atom is 0.326 e. The van der Waals surface area contributed by atoms with Gasteiger partial charge >= 0.3 is 17.9 Å². The van der Waals surface area contributed by atoms with Gasteiger partial charge in [0.1, 0.15) is 90.6 Å². The van der Waals surface area contributed by atoms with Crippen molar-refractivity contribution in [1.29, 1.82) is 0 Å². The Morgan fingerprint density at radius 3 is 1.30 bits per heavy atom. The Labute approximate surface area is 718 Å². The molecule has 0 aromatic heterocycles. The quantitative estimate of drug-likeness (QED) is 0.0164. The number of carboxylic acids is 3. The molecule has 123 heavy (non-hydrogen) atoms. The number of nitrogens with two attached hydrogens (primary N) is 6. The molecule has 1 aromatic rings. The van der Waals surface area contributed by atoms with Gasteiger partial charge in [-0.05, 0) is 152 Å². The molecule has 0 unspecified atom stereocenters. The number of amides is 15. The Balaban J connectivity index is 1.93. The average Bonchev–Trinajstić information content (AvgIpc) is 1.72. The topological polar surface area (TPSA) is 728 Å². The van der Waals surface area contributed by atoms with Crippen LogP contribution in [-0.4, -0.2) is 296 Å². The van der Waals surface area contributed by atoms with Crippen LogP contribution in [0, 0.1) is 17.8 Å². The molecule has 44 nitrogen and oxygen atoms in total. The van der Waals surface area contributed by atoms with Crippen molar-refractivity contribution in [3.63, 3.8) is 0 Å². The normalized spacial score (nSPS) is 17.2. The van der Waals surface area contributed by atoms with Gasteiger partial charge in [-0.25, -0.2) is 4.79 Å². The largest absolute Gasteiger partial charge is 0.481 e. The number of benzene rings is 1. The molecule has 2 saturated heterocycles. The Kier molecular flexibility index (Phi) is 47.2. The number of aliphatic hydroxyl groups excluding tert-OH is 2. The third-order valence-electron chi connectivity index (χ3n) is 20.5. The fraction of sp³-hybridized carbons (Fsp3) is 0.679. The highest BCUT2D eigenvalue weighted by molar-refractivity contribution is 7.98. The van der Waals surface area contributed by atoms with Crippen molar-refractivity contribution in [2.45, 2.75) is 267 Å². The predicted octanol–water partition coefficient (Wildman–Crippen LogP) is -6.55. The highest BCUT2D eigenvalue weighted by atomic mass is 32.2. The first-order valence-corrected chi connectivity index (χ1v) is 42.6. The summed E-state index contributed by atoms with van der Waals surface area (Å²) in [7, 11) is 0. The zero-order valence-electron chi connectivity index (χ0n) is 71.0. The fourth-order valence-corrected chi connectivity index (χ4v) is 14.0. The summed E-state index contributed by atoms with van der Waals surface area (Å²) in [6, 6.07) is -14.3. The van der Waals surface area contributed by atoms with Crippen LogP contribution < -0.4 is 98.2 Å². The second-order valence-corrected chi connectivity index (χ2v) is 32.4. The summed E-state index contributed by atoms with van der Waals surface area (Å²) in [5.74, 6) is -20.8. The first-order chi connectivity index (χ1) is 58.0. The smallest absolute Gasteiger partial charge is 0.326 e. The molecule has 1 aromatic carbocycles. The second kappa shape index (κ2) is 54.6. The maximum atomic E-state index is 14.8. The second-order valence-electron chi connectivity index (χ2n) is 31.4. The van der Waals surface area contributed by atoms with Gasteiger partial charge in [0, 0.05) is 38.9 Å². The number of thioether (sulfide) groups is 1. The Morgan fingerprint density at radius 2 is 0.846 bits per heavy atom. The number of rotatable bonds is 57. The van der Waals surface area contributed by atoms with Crippen LogP contribution in [0.15, 0.2) is 35.3 Å². The maximum absolute atomic E-state index is 14.8. The number of carbonyl (C=O) groups excluding carboxylic acids is 15. The minimum Gasteiger partial charge on any atom is -0.481 e. The number of aliphatic hydroxyl groups is 2. The number of aliphatic imine (C=N–C) groups is 1. The summed E-state index contributed by atoms with van der Waals surface area (Å²) in [6.07, 6.45) is -1.84. The van der Waals surface area contributed by atoms with E-state index in [2.05, 4.69) is 68.8 Å². The van der Waals surface area contributed by atoms with Gasteiger partial charge in [0.05, 0.1) is 19.1 Å². The summed E-state index contributed by atoms with van der Waals surface area (Å²) in [5, 5.41) is 79.6. The van der Waals surface area contributed by atoms with Crippen molar-refractivity contribution in [2.75, 3.05) is 51.3 Å². The molecule has 0 bridgehead atoms. The third-order valence-corrected chi connectivity index (χ3v) is 21.1. The molecule has 2 aliphatic heterocycles. The molecule has 2 fully saturated rings. The SMILES string of the molecule is CSCC[C@H](NC(=O)[C@H](Cc1ccccc1)NC(=O)[C@H](CCCCN)NC(=O)[C@@H]1CCCN1C(=O)[C@H](CC(N)=O)NC(=O)[C@H](CCCCN)NC(=O)[C@H](CCCN=C(N)N)NC(=O)[C@H](CO)NC(=O)[C@@H](NC(=O)[C@H](CCC(=O)O)NC(=O)[C@@H](NC(=O)[C@@H]1CCCN1C(=O)[C@@H](NC(=O)[C@@H](N)[C@@H](C)O)C(C)C)C(C)C)C(C)C)C(=O)N[C@@H](CCC(=O)O)C(=O)O. The summed E-state index contributed by atoms with van der Waals surface area (Å²) in [4.78, 5) is 254. The summed E-state index contributed by atoms with van der Waals surface area (Å²) < 4.78 is 0. The van der Waals surface area contributed by atoms with E-state index < -0.39 is 260 Å². The molecule has 2 heterocycles. The highest BCUT2D eigenvalue weighted by Crippen LogP contribution is 2.24. The van der Waals surface area contributed by atoms with Gasteiger partial charge < -0.3 is 134 Å². The van der Waals surface area contributed by atoms with E-state index in [0.717, 1.165) is 4.90 Å². The number of guanidine groups is 1. The molecule has 3 rings (SSSR count). The third kappa shape index (κ3) is 36.6. The molecule has 0 aliphatic carbocycles. The molecule has 15 amide bonds. The zero-order valence-corrected chi connectivity index (χ0v) is 71.9. The molecule has 29 N–H and O–H groups in total. The van der Waals surface area contributed by atoms with Crippen LogP contribution in [0.25, 0.3) is 0 Å². The van der Waals surface area contributed by atoms with E-state index in [9.17, 15) is 112 Å². The molecular formula is C78H129N21O23S. The molecule has 0 spiro atoms. The van der Waals surface area contributed by atoms with E-state index >= 15 is 0 Å². The first-order valence-electron chi connectivity index (χ1n) is 41.3. The highest BCUT2D eigenvalue weighted by Gasteiger charge is 2.45. The van der Waals surface area contributed by atoms with E-state index in [-0.39, 0.29) is 121 Å². The number of aliphatic carboxylic acids is 3. The predicted molar refractivity (Wildman–Crippen MR) is 448 cm³/mol. The first kappa shape index (κ1) is 106. The van der Waals surface area contributed by atoms with Crippen LogP contribution in [0.4, 0.5) is 0 Å². The molecule has 690 valence electrons. The number of nitrogens with zero attached hydrogens (tertiary/aromatic N) is 3. The van der Waals surface area contributed by atoms with Crippen molar-refractivity contribution in [3.05, 3.63) is 35.9 Å². The van der Waals surface area contributed by atoms with Crippen molar-refractivity contribution in [1.82, 2.24) is 73.6 Å². The Hall–Kier alpha value is -10.9. The fourth-order valence-electron chi connectivity index (χ4n) is 13.5. The minimum atomic E-state index is -1.91. The van der Waals surface area contributed by atoms with Gasteiger partial charge in [-0.3, -0.25) is 86.5 Å². The van der Waals surface area contributed by atoms with E-state index in [1.165, 1.54) is 37.4 Å². The van der Waals surface area contributed by atoms with E-state index in [0.29, 0.717) is 18.4 Å². The number of likely N-dealkylation sites (tertiary alicyclic amines) is 2. The van der Waals surface area contributed by atoms with Crippen molar-refractivity contribution in [3.8, 4) is 0 Å². The minimum absolute atomic E-state index is 0.0133. The van der Waals surface area contributed by atoms with Gasteiger partial charge in [0.2, 0.25) is 88.6 Å². The number of hydrogen-bond acceptors (Lipinski definition) is 25. The number of carboxylic acid groups (broad SMARTS) is 3. The summed E-state index contributed by atoms with van der Waals surface area (Å²) >= 11 is 1.30. The molecule has 16 atom stereocenters. The number of nitrogens with one attached hydrogen (secondary N) is 12. The van der Waals surface area contributed by atoms with E-state index in [1.54, 1.807) is 64.3 Å². The lowest BCUT2D eigenvalue weighted by atomic mass is 9.99. The Bertz CT molecular complexity index is 3780. The lowest BCUT2D eigenvalue weighted by Gasteiger charge is -2.32. The lowest BCUT2D eigenvalue weighted by molar-refractivity contribution is -0.144. The molecular weight excluding hydrogens is 1630 g/mol.